The smallest absolute Gasteiger partial charge is 0.405 e. The van der Waals surface area contributed by atoms with E-state index in [1.54, 1.807) is 0 Å². The van der Waals surface area contributed by atoms with Gasteiger partial charge in [-0.2, -0.15) is 0 Å². The van der Waals surface area contributed by atoms with E-state index in [0.29, 0.717) is 6.54 Å². The summed E-state index contributed by atoms with van der Waals surface area (Å²) in [6.45, 7) is 4.88. The van der Waals surface area contributed by atoms with Crippen LogP contribution in [0.2, 0.25) is 0 Å². The Bertz CT molecular complexity index is 946. The Hall–Kier alpha value is -3.02. The Morgan fingerprint density at radius 2 is 1.84 bits per heavy atom. The van der Waals surface area contributed by atoms with Crippen LogP contribution in [0.25, 0.3) is 21.8 Å². The van der Waals surface area contributed by atoms with Crippen LogP contribution in [0, 0.1) is 0 Å². The summed E-state index contributed by atoms with van der Waals surface area (Å²) in [5.74, 6) is -0.349. The minimum Gasteiger partial charge on any atom is -0.465 e. The van der Waals surface area contributed by atoms with E-state index in [2.05, 4.69) is 46.4 Å². The first-order valence-electron chi connectivity index (χ1n) is 8.28. The van der Waals surface area contributed by atoms with Gasteiger partial charge in [-0.1, -0.05) is 24.3 Å². The average Bonchev–Trinajstić information content (AvgIpc) is 2.92. The van der Waals surface area contributed by atoms with Crippen LogP contribution in [0.3, 0.4) is 0 Å². The lowest BCUT2D eigenvalue weighted by Crippen LogP contribution is -2.43. The van der Waals surface area contributed by atoms with Gasteiger partial charge in [-0.3, -0.25) is 4.79 Å². The number of hydrogen-bond donors (Lipinski definition) is 3. The minimum atomic E-state index is -1.21. The third-order valence-electron chi connectivity index (χ3n) is 4.35. The van der Waals surface area contributed by atoms with Crippen LogP contribution in [0.15, 0.2) is 42.5 Å². The number of nitrogens with zero attached hydrogens (tertiary/aromatic N) is 1. The van der Waals surface area contributed by atoms with Gasteiger partial charge < -0.3 is 20.3 Å². The van der Waals surface area contributed by atoms with Gasteiger partial charge in [-0.25, -0.2) is 4.79 Å². The number of carbonyl (C=O) groups is 2. The maximum Gasteiger partial charge on any atom is 0.405 e. The van der Waals surface area contributed by atoms with Crippen LogP contribution in [-0.2, 0) is 17.9 Å². The minimum absolute atomic E-state index is 0.349. The molecule has 0 spiro atoms. The molecule has 0 saturated carbocycles. The normalized spacial score (nSPS) is 12.2. The van der Waals surface area contributed by atoms with Gasteiger partial charge in [0.2, 0.25) is 5.91 Å². The lowest BCUT2D eigenvalue weighted by atomic mass is 10.1. The van der Waals surface area contributed by atoms with Gasteiger partial charge in [0.1, 0.15) is 6.04 Å². The highest BCUT2D eigenvalue weighted by atomic mass is 16.4. The second kappa shape index (κ2) is 6.84. The Morgan fingerprint density at radius 3 is 2.56 bits per heavy atom. The highest BCUT2D eigenvalue weighted by Crippen LogP contribution is 2.29. The number of rotatable bonds is 5. The maximum atomic E-state index is 11.9. The predicted octanol–water partition coefficient (Wildman–Crippen LogP) is 3.09. The molecule has 3 aromatic rings. The number of carbonyl (C=O) groups excluding carboxylic acids is 1. The van der Waals surface area contributed by atoms with E-state index in [4.69, 9.17) is 5.11 Å². The monoisotopic (exact) mass is 339 g/mol. The molecule has 3 N–H and O–H groups in total. The summed E-state index contributed by atoms with van der Waals surface area (Å²) in [5.41, 5.74) is 3.34. The fourth-order valence-electron chi connectivity index (χ4n) is 3.14. The molecule has 0 fully saturated rings. The van der Waals surface area contributed by atoms with Gasteiger partial charge >= 0.3 is 6.09 Å². The maximum absolute atomic E-state index is 11.9. The van der Waals surface area contributed by atoms with Gasteiger partial charge in [0.15, 0.2) is 0 Å². The van der Waals surface area contributed by atoms with Gasteiger partial charge in [-0.15, -0.1) is 0 Å². The lowest BCUT2D eigenvalue weighted by Gasteiger charge is -2.12. The molecule has 130 valence electrons. The number of amides is 2. The van der Waals surface area contributed by atoms with Crippen LogP contribution in [-0.4, -0.2) is 27.7 Å². The molecule has 0 saturated heterocycles. The molecule has 0 aliphatic rings. The molecule has 0 aliphatic carbocycles. The predicted molar refractivity (Wildman–Crippen MR) is 97.6 cm³/mol. The highest BCUT2D eigenvalue weighted by Gasteiger charge is 2.15. The summed E-state index contributed by atoms with van der Waals surface area (Å²) < 4.78 is 2.27. The lowest BCUT2D eigenvalue weighted by molar-refractivity contribution is -0.122. The summed E-state index contributed by atoms with van der Waals surface area (Å²) in [7, 11) is 0. The van der Waals surface area contributed by atoms with E-state index in [1.165, 1.54) is 23.3 Å². The Balaban J connectivity index is 1.85. The second-order valence-electron chi connectivity index (χ2n) is 6.00. The Morgan fingerprint density at radius 1 is 1.12 bits per heavy atom. The molecule has 0 aliphatic heterocycles. The highest BCUT2D eigenvalue weighted by molar-refractivity contribution is 6.08. The first-order chi connectivity index (χ1) is 12.0. The zero-order valence-corrected chi connectivity index (χ0v) is 14.2. The molecule has 1 atom stereocenters. The van der Waals surface area contributed by atoms with Crippen molar-refractivity contribution >= 4 is 33.8 Å². The fraction of sp³-hybridized carbons (Fsp3) is 0.263. The summed E-state index contributed by atoms with van der Waals surface area (Å²) in [6, 6.07) is 13.6. The quantitative estimate of drug-likeness (QED) is 0.668. The van der Waals surface area contributed by atoms with Crippen molar-refractivity contribution in [3.8, 4) is 0 Å². The number of carboxylic acid groups (broad SMARTS) is 1. The molecule has 25 heavy (non-hydrogen) atoms. The number of hydrogen-bond acceptors (Lipinski definition) is 2. The number of para-hydroxylation sites is 1. The Kier molecular flexibility index (Phi) is 4.61. The summed E-state index contributed by atoms with van der Waals surface area (Å²) in [6.07, 6.45) is -1.21. The molecule has 6 heteroatoms. The molecule has 2 amide bonds. The fourth-order valence-corrected chi connectivity index (χ4v) is 3.14. The van der Waals surface area contributed by atoms with Crippen LogP contribution in [0.5, 0.6) is 0 Å². The zero-order chi connectivity index (χ0) is 18.0. The number of aromatic nitrogens is 1. The van der Waals surface area contributed by atoms with Crippen LogP contribution in [0.1, 0.15) is 19.4 Å². The van der Waals surface area contributed by atoms with Crippen LogP contribution in [0.4, 0.5) is 4.79 Å². The number of aryl methyl sites for hydroxylation is 1. The zero-order valence-electron chi connectivity index (χ0n) is 14.2. The van der Waals surface area contributed by atoms with Crippen molar-refractivity contribution < 1.29 is 14.7 Å². The van der Waals surface area contributed by atoms with Crippen molar-refractivity contribution in [3.63, 3.8) is 0 Å². The van der Waals surface area contributed by atoms with E-state index >= 15 is 0 Å². The molecule has 0 radical (unpaired) electrons. The number of fused-ring (bicyclic) bond motifs is 3. The molecule has 1 aromatic heterocycles. The van der Waals surface area contributed by atoms with E-state index in [-0.39, 0.29) is 5.91 Å². The first kappa shape index (κ1) is 16.8. The largest absolute Gasteiger partial charge is 0.465 e. The van der Waals surface area contributed by atoms with Crippen LogP contribution >= 0.6 is 0 Å². The summed E-state index contributed by atoms with van der Waals surface area (Å²) in [4.78, 5) is 22.5. The summed E-state index contributed by atoms with van der Waals surface area (Å²) >= 11 is 0. The van der Waals surface area contributed by atoms with Crippen LogP contribution < -0.4 is 10.6 Å². The third-order valence-corrected chi connectivity index (χ3v) is 4.35. The van der Waals surface area contributed by atoms with Crippen molar-refractivity contribution in [1.29, 1.82) is 0 Å². The summed E-state index contributed by atoms with van der Waals surface area (Å²) in [5, 5.41) is 15.9. The van der Waals surface area contributed by atoms with E-state index < -0.39 is 12.1 Å². The van der Waals surface area contributed by atoms with Gasteiger partial charge in [-0.05, 0) is 37.6 Å². The Labute approximate surface area is 145 Å². The average molecular weight is 339 g/mol. The molecular weight excluding hydrogens is 318 g/mol. The standard InChI is InChI=1S/C19H21N3O3/c1-3-22-16-7-5-4-6-14(16)15-10-13(8-9-17(15)22)11-20-18(23)12(2)21-19(24)25/h4-10,12,21H,3,11H2,1-2H3,(H,20,23)(H,24,25). The van der Waals surface area contributed by atoms with Gasteiger partial charge in [0.25, 0.3) is 0 Å². The second-order valence-corrected chi connectivity index (χ2v) is 6.00. The topological polar surface area (TPSA) is 83.4 Å². The van der Waals surface area contributed by atoms with Gasteiger partial charge in [0, 0.05) is 34.9 Å². The van der Waals surface area contributed by atoms with Crippen molar-refractivity contribution in [1.82, 2.24) is 15.2 Å². The molecule has 6 nitrogen and oxygen atoms in total. The molecule has 2 aromatic carbocycles. The third kappa shape index (κ3) is 3.28. The number of benzene rings is 2. The van der Waals surface area contributed by atoms with E-state index in [1.807, 2.05) is 18.2 Å². The molecule has 1 unspecified atom stereocenters. The van der Waals surface area contributed by atoms with Crippen molar-refractivity contribution in [3.05, 3.63) is 48.0 Å². The molecule has 3 rings (SSSR count). The number of nitrogens with one attached hydrogen (secondary N) is 2. The molecule has 1 heterocycles. The van der Waals surface area contributed by atoms with Crippen molar-refractivity contribution in [2.24, 2.45) is 0 Å². The molecule has 0 bridgehead atoms. The van der Waals surface area contributed by atoms with E-state index in [0.717, 1.165) is 17.5 Å². The first-order valence-corrected chi connectivity index (χ1v) is 8.28. The van der Waals surface area contributed by atoms with Crippen molar-refractivity contribution in [2.75, 3.05) is 0 Å². The molecular formula is C19H21N3O3. The van der Waals surface area contributed by atoms with Gasteiger partial charge in [0.05, 0.1) is 0 Å². The van der Waals surface area contributed by atoms with E-state index in [9.17, 15) is 9.59 Å². The van der Waals surface area contributed by atoms with Crippen molar-refractivity contribution in [2.45, 2.75) is 33.0 Å². The SMILES string of the molecule is CCn1c2ccccc2c2cc(CNC(=O)C(C)NC(=O)O)ccc21.